The van der Waals surface area contributed by atoms with Crippen molar-refractivity contribution in [1.82, 2.24) is 4.98 Å². The van der Waals surface area contributed by atoms with Crippen molar-refractivity contribution in [2.75, 3.05) is 0 Å². The maximum atomic E-state index is 9.79. The summed E-state index contributed by atoms with van der Waals surface area (Å²) in [5.41, 5.74) is 4.76. The molecule has 0 saturated heterocycles. The average molecular weight is 219 g/mol. The van der Waals surface area contributed by atoms with Crippen LogP contribution in [-0.2, 0) is 6.42 Å². The molecule has 3 heteroatoms. The molecular formula is C12H13NOS. The molecule has 0 aliphatic carbocycles. The van der Waals surface area contributed by atoms with Crippen LogP contribution in [0.25, 0.3) is 11.3 Å². The molecular weight excluding hydrogens is 206 g/mol. The van der Waals surface area contributed by atoms with Gasteiger partial charge in [-0.15, -0.1) is 11.3 Å². The number of aromatic hydroxyl groups is 1. The Balaban J connectivity index is 2.56. The number of nitrogens with zero attached hydrogens (tertiary/aromatic N) is 1. The van der Waals surface area contributed by atoms with Gasteiger partial charge in [0.1, 0.15) is 5.75 Å². The van der Waals surface area contributed by atoms with Crippen molar-refractivity contribution in [1.29, 1.82) is 0 Å². The summed E-state index contributed by atoms with van der Waals surface area (Å²) >= 11 is 1.60. The number of hydrogen-bond acceptors (Lipinski definition) is 3. The lowest BCUT2D eigenvalue weighted by Crippen LogP contribution is -1.85. The van der Waals surface area contributed by atoms with Gasteiger partial charge in [-0.05, 0) is 31.0 Å². The van der Waals surface area contributed by atoms with Gasteiger partial charge in [0.25, 0.3) is 0 Å². The fourth-order valence-corrected chi connectivity index (χ4v) is 2.15. The maximum absolute atomic E-state index is 9.79. The highest BCUT2D eigenvalue weighted by Gasteiger charge is 2.10. The number of hydrogen-bond donors (Lipinski definition) is 1. The predicted octanol–water partition coefficient (Wildman–Crippen LogP) is 3.39. The van der Waals surface area contributed by atoms with E-state index in [1.807, 2.05) is 24.6 Å². The van der Waals surface area contributed by atoms with E-state index in [4.69, 9.17) is 0 Å². The highest BCUT2D eigenvalue weighted by molar-refractivity contribution is 7.10. The highest BCUT2D eigenvalue weighted by atomic mass is 32.1. The molecule has 0 aliphatic heterocycles. The van der Waals surface area contributed by atoms with E-state index >= 15 is 0 Å². The van der Waals surface area contributed by atoms with E-state index in [0.717, 1.165) is 22.6 Å². The number of aromatic nitrogens is 1. The number of phenols is 1. The lowest BCUT2D eigenvalue weighted by atomic mass is 10.0. The summed E-state index contributed by atoms with van der Waals surface area (Å²) < 4.78 is 0. The molecule has 2 rings (SSSR count). The third-order valence-corrected chi connectivity index (χ3v) is 3.23. The van der Waals surface area contributed by atoms with E-state index in [1.54, 1.807) is 17.4 Å². The van der Waals surface area contributed by atoms with Gasteiger partial charge >= 0.3 is 0 Å². The van der Waals surface area contributed by atoms with Gasteiger partial charge in [-0.2, -0.15) is 0 Å². The van der Waals surface area contributed by atoms with Crippen LogP contribution in [0.3, 0.4) is 0 Å². The van der Waals surface area contributed by atoms with Crippen molar-refractivity contribution in [3.8, 4) is 17.0 Å². The molecule has 0 aliphatic rings. The minimum atomic E-state index is 0.307. The summed E-state index contributed by atoms with van der Waals surface area (Å²) in [7, 11) is 0. The van der Waals surface area contributed by atoms with Crippen LogP contribution >= 0.6 is 11.3 Å². The molecule has 0 saturated carbocycles. The largest absolute Gasteiger partial charge is 0.507 e. The van der Waals surface area contributed by atoms with Crippen LogP contribution in [0.2, 0.25) is 0 Å². The van der Waals surface area contributed by atoms with Crippen LogP contribution in [0.15, 0.2) is 23.7 Å². The Morgan fingerprint density at radius 2 is 2.20 bits per heavy atom. The fourth-order valence-electron chi connectivity index (χ4n) is 1.56. The Kier molecular flexibility index (Phi) is 2.73. The van der Waals surface area contributed by atoms with Crippen LogP contribution in [0.1, 0.15) is 17.4 Å². The SMILES string of the molecule is CCc1ccc(O)c(-c2ncsc2C)c1. The molecule has 0 radical (unpaired) electrons. The van der Waals surface area contributed by atoms with Crippen LogP contribution in [0.4, 0.5) is 0 Å². The lowest BCUT2D eigenvalue weighted by molar-refractivity contribution is 0.477. The second kappa shape index (κ2) is 4.03. The number of aryl methyl sites for hydroxylation is 2. The minimum Gasteiger partial charge on any atom is -0.507 e. The molecule has 0 unspecified atom stereocenters. The molecule has 1 aromatic heterocycles. The standard InChI is InChI=1S/C12H13NOS/c1-3-9-4-5-11(14)10(6-9)12-8(2)15-7-13-12/h4-7,14H,3H2,1-2H3. The zero-order chi connectivity index (χ0) is 10.8. The van der Waals surface area contributed by atoms with Gasteiger partial charge < -0.3 is 5.11 Å². The first-order valence-electron chi connectivity index (χ1n) is 4.94. The monoisotopic (exact) mass is 219 g/mol. The molecule has 1 N–H and O–H groups in total. The smallest absolute Gasteiger partial charge is 0.125 e. The highest BCUT2D eigenvalue weighted by Crippen LogP contribution is 2.32. The van der Waals surface area contributed by atoms with Crippen molar-refractivity contribution in [2.45, 2.75) is 20.3 Å². The molecule has 0 atom stereocenters. The fraction of sp³-hybridized carbons (Fsp3) is 0.250. The molecule has 1 heterocycles. The average Bonchev–Trinajstić information content (AvgIpc) is 2.65. The van der Waals surface area contributed by atoms with E-state index in [1.165, 1.54) is 5.56 Å². The Morgan fingerprint density at radius 1 is 1.40 bits per heavy atom. The number of benzene rings is 1. The normalized spacial score (nSPS) is 10.5. The quantitative estimate of drug-likeness (QED) is 0.839. The third kappa shape index (κ3) is 1.88. The molecule has 78 valence electrons. The van der Waals surface area contributed by atoms with Crippen molar-refractivity contribution >= 4 is 11.3 Å². The first-order valence-corrected chi connectivity index (χ1v) is 5.82. The van der Waals surface area contributed by atoms with Gasteiger partial charge in [0, 0.05) is 10.4 Å². The number of phenolic OH excluding ortho intramolecular Hbond substituents is 1. The van der Waals surface area contributed by atoms with Crippen molar-refractivity contribution in [3.05, 3.63) is 34.2 Å². The Hall–Kier alpha value is -1.35. The summed E-state index contributed by atoms with van der Waals surface area (Å²) in [4.78, 5) is 5.42. The third-order valence-electron chi connectivity index (χ3n) is 2.47. The zero-order valence-electron chi connectivity index (χ0n) is 8.82. The number of rotatable bonds is 2. The van der Waals surface area contributed by atoms with Crippen molar-refractivity contribution in [2.24, 2.45) is 0 Å². The summed E-state index contributed by atoms with van der Waals surface area (Å²) in [6, 6.07) is 5.70. The topological polar surface area (TPSA) is 33.1 Å². The Labute approximate surface area is 93.2 Å². The van der Waals surface area contributed by atoms with Gasteiger partial charge in [0.15, 0.2) is 0 Å². The second-order valence-corrected chi connectivity index (χ2v) is 4.52. The first-order chi connectivity index (χ1) is 7.22. The van der Waals surface area contributed by atoms with E-state index in [-0.39, 0.29) is 0 Å². The summed E-state index contributed by atoms with van der Waals surface area (Å²) in [5, 5.41) is 9.79. The van der Waals surface area contributed by atoms with Crippen LogP contribution in [0.5, 0.6) is 5.75 Å². The van der Waals surface area contributed by atoms with Crippen LogP contribution in [-0.4, -0.2) is 10.1 Å². The van der Waals surface area contributed by atoms with Gasteiger partial charge in [-0.25, -0.2) is 4.98 Å². The lowest BCUT2D eigenvalue weighted by Gasteiger charge is -2.05. The van der Waals surface area contributed by atoms with E-state index < -0.39 is 0 Å². The van der Waals surface area contributed by atoms with Crippen molar-refractivity contribution < 1.29 is 5.11 Å². The molecule has 0 spiro atoms. The van der Waals surface area contributed by atoms with Gasteiger partial charge in [0.2, 0.25) is 0 Å². The summed E-state index contributed by atoms with van der Waals surface area (Å²) in [6.07, 6.45) is 0.969. The van der Waals surface area contributed by atoms with E-state index in [2.05, 4.69) is 11.9 Å². The Bertz CT molecular complexity index is 476. The maximum Gasteiger partial charge on any atom is 0.125 e. The molecule has 0 bridgehead atoms. The van der Waals surface area contributed by atoms with E-state index in [0.29, 0.717) is 5.75 Å². The van der Waals surface area contributed by atoms with Crippen LogP contribution < -0.4 is 0 Å². The molecule has 0 fully saturated rings. The van der Waals surface area contributed by atoms with Crippen LogP contribution in [0, 0.1) is 6.92 Å². The predicted molar refractivity (Wildman–Crippen MR) is 63.3 cm³/mol. The molecule has 2 nitrogen and oxygen atoms in total. The first kappa shape index (κ1) is 10.2. The van der Waals surface area contributed by atoms with Gasteiger partial charge in [-0.3, -0.25) is 0 Å². The van der Waals surface area contributed by atoms with Gasteiger partial charge in [0.05, 0.1) is 11.2 Å². The molecule has 2 aromatic rings. The zero-order valence-corrected chi connectivity index (χ0v) is 9.64. The number of thiazole rings is 1. The van der Waals surface area contributed by atoms with Crippen molar-refractivity contribution in [3.63, 3.8) is 0 Å². The molecule has 15 heavy (non-hydrogen) atoms. The Morgan fingerprint density at radius 3 is 2.80 bits per heavy atom. The summed E-state index contributed by atoms with van der Waals surface area (Å²) in [6.45, 7) is 4.12. The minimum absolute atomic E-state index is 0.307. The summed E-state index contributed by atoms with van der Waals surface area (Å²) in [5.74, 6) is 0.307. The van der Waals surface area contributed by atoms with Gasteiger partial charge in [-0.1, -0.05) is 13.0 Å². The second-order valence-electron chi connectivity index (χ2n) is 3.46. The van der Waals surface area contributed by atoms with E-state index in [9.17, 15) is 5.11 Å². The molecule has 1 aromatic carbocycles. The molecule has 0 amide bonds.